The number of hydrogen-bond acceptors (Lipinski definition) is 8. The van der Waals surface area contributed by atoms with Crippen LogP contribution in [0.15, 0.2) is 72.8 Å². The average Bonchev–Trinajstić information content (AvgIpc) is 2.94. The Morgan fingerprint density at radius 3 is 1.24 bits per heavy atom. The van der Waals surface area contributed by atoms with Gasteiger partial charge in [-0.1, -0.05) is 37.4 Å². The molecular formula is C31H34F6O8. The van der Waals surface area contributed by atoms with Crippen LogP contribution >= 0.6 is 0 Å². The molecule has 0 fully saturated rings. The number of halogens is 6. The van der Waals surface area contributed by atoms with Gasteiger partial charge >= 0.3 is 24.3 Å². The van der Waals surface area contributed by atoms with E-state index in [2.05, 4.69) is 22.6 Å². The van der Waals surface area contributed by atoms with Gasteiger partial charge in [-0.3, -0.25) is 0 Å². The summed E-state index contributed by atoms with van der Waals surface area (Å²) < 4.78 is 105. The molecule has 14 heteroatoms. The van der Waals surface area contributed by atoms with E-state index in [1.165, 1.54) is 13.8 Å². The lowest BCUT2D eigenvalue weighted by Gasteiger charge is -2.19. The van der Waals surface area contributed by atoms with Crippen molar-refractivity contribution in [3.63, 3.8) is 0 Å². The highest BCUT2D eigenvalue weighted by Gasteiger charge is 2.29. The van der Waals surface area contributed by atoms with Gasteiger partial charge in [0.25, 0.3) is 0 Å². The molecular weight excluding hydrogens is 614 g/mol. The number of hydrogen-bond donors (Lipinski definition) is 0. The van der Waals surface area contributed by atoms with Crippen LogP contribution in [0.25, 0.3) is 0 Å². The molecule has 0 aliphatic heterocycles. The number of carbonyl (C=O) groups excluding carboxylic acids is 2. The van der Waals surface area contributed by atoms with Crippen molar-refractivity contribution >= 4 is 11.9 Å². The molecule has 2 atom stereocenters. The summed E-state index contributed by atoms with van der Waals surface area (Å²) in [5.74, 6) is -0.800. The van der Waals surface area contributed by atoms with Gasteiger partial charge in [0.15, 0.2) is 12.2 Å². The SMILES string of the molecule is C=C(C)C(=O)OC(COCC(F)(F)F)COc1ccc(Cc2ccc(OCC(COCC(F)(F)F)OC(=O)C(=C)C)cc2)cc1. The van der Waals surface area contributed by atoms with Crippen LogP contribution < -0.4 is 9.47 Å². The van der Waals surface area contributed by atoms with Gasteiger partial charge in [0.05, 0.1) is 13.2 Å². The number of ether oxygens (including phenoxy) is 6. The number of benzene rings is 2. The Balaban J connectivity index is 1.91. The van der Waals surface area contributed by atoms with Crippen LogP contribution in [0.2, 0.25) is 0 Å². The predicted molar refractivity (Wildman–Crippen MR) is 150 cm³/mol. The zero-order chi connectivity index (χ0) is 33.6. The maximum absolute atomic E-state index is 12.4. The van der Waals surface area contributed by atoms with Crippen molar-refractivity contribution in [1.82, 2.24) is 0 Å². The van der Waals surface area contributed by atoms with Gasteiger partial charge in [-0.25, -0.2) is 9.59 Å². The zero-order valence-corrected chi connectivity index (χ0v) is 24.7. The van der Waals surface area contributed by atoms with Gasteiger partial charge in [0.1, 0.15) is 37.9 Å². The first-order valence-electron chi connectivity index (χ1n) is 13.5. The Morgan fingerprint density at radius 1 is 0.622 bits per heavy atom. The largest absolute Gasteiger partial charge is 0.490 e. The lowest BCUT2D eigenvalue weighted by Crippen LogP contribution is -2.32. The van der Waals surface area contributed by atoms with Crippen LogP contribution in [0, 0.1) is 0 Å². The first kappa shape index (κ1) is 37.1. The molecule has 2 aromatic carbocycles. The molecule has 0 aliphatic rings. The van der Waals surface area contributed by atoms with E-state index in [1.807, 2.05) is 0 Å². The number of carbonyl (C=O) groups is 2. The van der Waals surface area contributed by atoms with E-state index < -0.39 is 62.9 Å². The van der Waals surface area contributed by atoms with Crippen molar-refractivity contribution < 1.29 is 64.4 Å². The Labute approximate surface area is 256 Å². The summed E-state index contributed by atoms with van der Waals surface area (Å²) in [6.07, 6.45) is -10.8. The van der Waals surface area contributed by atoms with E-state index in [-0.39, 0.29) is 24.4 Å². The first-order chi connectivity index (χ1) is 21.0. The van der Waals surface area contributed by atoms with E-state index in [0.29, 0.717) is 17.9 Å². The van der Waals surface area contributed by atoms with Gasteiger partial charge in [-0.15, -0.1) is 0 Å². The van der Waals surface area contributed by atoms with Gasteiger partial charge in [0.2, 0.25) is 0 Å². The summed E-state index contributed by atoms with van der Waals surface area (Å²) in [4.78, 5) is 23.7. The monoisotopic (exact) mass is 648 g/mol. The van der Waals surface area contributed by atoms with E-state index in [9.17, 15) is 35.9 Å². The molecule has 0 radical (unpaired) electrons. The molecule has 0 spiro atoms. The first-order valence-corrected chi connectivity index (χ1v) is 13.5. The summed E-state index contributed by atoms with van der Waals surface area (Å²) in [5, 5.41) is 0. The van der Waals surface area contributed by atoms with Crippen molar-refractivity contribution in [2.75, 3.05) is 39.6 Å². The molecule has 0 saturated heterocycles. The lowest BCUT2D eigenvalue weighted by atomic mass is 10.0. The van der Waals surface area contributed by atoms with Crippen LogP contribution in [0.1, 0.15) is 25.0 Å². The van der Waals surface area contributed by atoms with Crippen molar-refractivity contribution in [3.05, 3.63) is 84.0 Å². The molecule has 0 saturated carbocycles. The smallest absolute Gasteiger partial charge is 0.411 e. The van der Waals surface area contributed by atoms with Crippen molar-refractivity contribution in [2.24, 2.45) is 0 Å². The molecule has 0 bridgehead atoms. The third kappa shape index (κ3) is 16.0. The normalized spacial score (nSPS) is 13.0. The third-order valence-electron chi connectivity index (χ3n) is 5.51. The summed E-state index contributed by atoms with van der Waals surface area (Å²) in [5.41, 5.74) is 1.93. The summed E-state index contributed by atoms with van der Waals surface area (Å²) >= 11 is 0. The van der Waals surface area contributed by atoms with Crippen LogP contribution in [0.3, 0.4) is 0 Å². The van der Waals surface area contributed by atoms with E-state index in [0.717, 1.165) is 11.1 Å². The van der Waals surface area contributed by atoms with E-state index in [1.54, 1.807) is 48.5 Å². The predicted octanol–water partition coefficient (Wildman–Crippen LogP) is 6.17. The molecule has 0 heterocycles. The lowest BCUT2D eigenvalue weighted by molar-refractivity contribution is -0.184. The maximum atomic E-state index is 12.4. The Hall–Kier alpha value is -4.04. The number of alkyl halides is 6. The highest BCUT2D eigenvalue weighted by atomic mass is 19.4. The molecule has 45 heavy (non-hydrogen) atoms. The number of esters is 2. The van der Waals surface area contributed by atoms with Crippen molar-refractivity contribution in [3.8, 4) is 11.5 Å². The standard InChI is InChI=1S/C31H34F6O8/c1-20(2)28(38)44-26(14-40-18-30(32,33)34)16-42-24-9-5-22(6-10-24)13-23-7-11-25(12-8-23)43-17-27(45-29(39)21(3)4)15-41-19-31(35,36)37/h5-12,26-27H,1,3,13-19H2,2,4H3. The van der Waals surface area contributed by atoms with Gasteiger partial charge in [-0.05, 0) is 55.7 Å². The molecule has 2 unspecified atom stereocenters. The Bertz CT molecular complexity index is 1160. The minimum atomic E-state index is -4.53. The van der Waals surface area contributed by atoms with Crippen LogP contribution in [0.4, 0.5) is 26.3 Å². The van der Waals surface area contributed by atoms with Gasteiger partial charge in [-0.2, -0.15) is 26.3 Å². The molecule has 2 aromatic rings. The fraction of sp³-hybridized carbons (Fsp3) is 0.419. The molecule has 0 aromatic heterocycles. The molecule has 8 nitrogen and oxygen atoms in total. The second-order valence-corrected chi connectivity index (χ2v) is 9.96. The van der Waals surface area contributed by atoms with E-state index in [4.69, 9.17) is 18.9 Å². The molecule has 0 N–H and O–H groups in total. The highest BCUT2D eigenvalue weighted by Crippen LogP contribution is 2.20. The summed E-state index contributed by atoms with van der Waals surface area (Å²) in [7, 11) is 0. The second-order valence-electron chi connectivity index (χ2n) is 9.96. The van der Waals surface area contributed by atoms with Crippen LogP contribution in [-0.2, 0) is 35.0 Å². The second kappa shape index (κ2) is 17.4. The maximum Gasteiger partial charge on any atom is 0.411 e. The van der Waals surface area contributed by atoms with Crippen molar-refractivity contribution in [2.45, 2.75) is 44.8 Å². The Morgan fingerprint density at radius 2 is 0.956 bits per heavy atom. The fourth-order valence-corrected chi connectivity index (χ4v) is 3.37. The fourth-order valence-electron chi connectivity index (χ4n) is 3.37. The molecule has 2 rings (SSSR count). The quantitative estimate of drug-likeness (QED) is 0.108. The molecule has 0 amide bonds. The zero-order valence-electron chi connectivity index (χ0n) is 24.7. The highest BCUT2D eigenvalue weighted by molar-refractivity contribution is 5.87. The Kier molecular flexibility index (Phi) is 14.4. The minimum absolute atomic E-state index is 0.0718. The number of rotatable bonds is 18. The van der Waals surface area contributed by atoms with E-state index >= 15 is 0 Å². The molecule has 0 aliphatic carbocycles. The third-order valence-corrected chi connectivity index (χ3v) is 5.51. The topological polar surface area (TPSA) is 89.5 Å². The minimum Gasteiger partial charge on any atom is -0.490 e. The van der Waals surface area contributed by atoms with Gasteiger partial charge in [0, 0.05) is 11.1 Å². The summed E-state index contributed by atoms with van der Waals surface area (Å²) in [6.45, 7) is 5.14. The van der Waals surface area contributed by atoms with Crippen LogP contribution in [0.5, 0.6) is 11.5 Å². The van der Waals surface area contributed by atoms with Crippen LogP contribution in [-0.4, -0.2) is 76.1 Å². The molecule has 248 valence electrons. The summed E-state index contributed by atoms with van der Waals surface area (Å²) in [6, 6.07) is 13.7. The van der Waals surface area contributed by atoms with Gasteiger partial charge < -0.3 is 28.4 Å². The average molecular weight is 649 g/mol. The van der Waals surface area contributed by atoms with Crippen molar-refractivity contribution in [1.29, 1.82) is 0 Å².